The largest absolute Gasteiger partial charge is 0.508 e. The van der Waals surface area contributed by atoms with Gasteiger partial charge in [-0.1, -0.05) is 67.2 Å². The van der Waals surface area contributed by atoms with E-state index < -0.39 is 0 Å². The molecule has 2 nitrogen and oxygen atoms in total. The second kappa shape index (κ2) is 13.1. The van der Waals surface area contributed by atoms with Crippen LogP contribution < -0.4 is 0 Å². The minimum absolute atomic E-state index is 0.195. The van der Waals surface area contributed by atoms with Crippen LogP contribution >= 0.6 is 0 Å². The number of aryl methyl sites for hydroxylation is 4. The lowest BCUT2D eigenvalue weighted by Gasteiger charge is -2.35. The summed E-state index contributed by atoms with van der Waals surface area (Å²) in [5.41, 5.74) is 7.80. The van der Waals surface area contributed by atoms with Crippen molar-refractivity contribution in [3.05, 3.63) is 57.6 Å². The van der Waals surface area contributed by atoms with E-state index in [1.165, 1.54) is 33.4 Å². The van der Waals surface area contributed by atoms with E-state index in [9.17, 15) is 10.2 Å². The van der Waals surface area contributed by atoms with Crippen LogP contribution in [-0.2, 0) is 31.1 Å². The minimum atomic E-state index is -0.195. The topological polar surface area (TPSA) is 40.5 Å². The van der Waals surface area contributed by atoms with Crippen LogP contribution in [0.4, 0.5) is 0 Å². The third kappa shape index (κ3) is 7.01. The molecule has 0 fully saturated rings. The highest BCUT2D eigenvalue weighted by atomic mass is 16.3. The molecule has 2 heteroatoms. The van der Waals surface area contributed by atoms with Crippen LogP contribution in [0.1, 0.15) is 126 Å². The third-order valence-electron chi connectivity index (χ3n) is 7.02. The Balaban J connectivity index is 2.80. The van der Waals surface area contributed by atoms with Crippen molar-refractivity contribution < 1.29 is 10.2 Å². The van der Waals surface area contributed by atoms with Gasteiger partial charge < -0.3 is 10.2 Å². The van der Waals surface area contributed by atoms with Gasteiger partial charge in [-0.25, -0.2) is 0 Å². The molecule has 0 saturated heterocycles. The van der Waals surface area contributed by atoms with E-state index in [1.54, 1.807) is 0 Å². The van der Waals surface area contributed by atoms with E-state index in [1.807, 2.05) is 24.3 Å². The molecule has 2 aromatic carbocycles. The Hall–Kier alpha value is -1.96. The fourth-order valence-electron chi connectivity index (χ4n) is 5.49. The van der Waals surface area contributed by atoms with Gasteiger partial charge in [-0.2, -0.15) is 0 Å². The van der Waals surface area contributed by atoms with Crippen LogP contribution in [0.5, 0.6) is 11.5 Å². The first kappa shape index (κ1) is 27.3. The monoisotopic (exact) mass is 452 g/mol. The second-order valence-electron chi connectivity index (χ2n) is 10.3. The summed E-state index contributed by atoms with van der Waals surface area (Å²) in [7, 11) is 0. The lowest BCUT2D eigenvalue weighted by Crippen LogP contribution is -2.27. The van der Waals surface area contributed by atoms with Gasteiger partial charge in [0.2, 0.25) is 0 Å². The van der Waals surface area contributed by atoms with Crippen molar-refractivity contribution in [3.8, 4) is 11.5 Å². The SMILES string of the molecule is CCCCc1cc(O)cc(CCCC)c1C(C)(C)c1c(CCCC)cc(O)cc1CCCC. The fourth-order valence-corrected chi connectivity index (χ4v) is 5.49. The van der Waals surface area contributed by atoms with Crippen molar-refractivity contribution in [1.82, 2.24) is 0 Å². The van der Waals surface area contributed by atoms with Gasteiger partial charge in [-0.15, -0.1) is 0 Å². The van der Waals surface area contributed by atoms with Crippen molar-refractivity contribution in [3.63, 3.8) is 0 Å². The van der Waals surface area contributed by atoms with Crippen LogP contribution in [0.25, 0.3) is 0 Å². The Morgan fingerprint density at radius 3 is 0.970 bits per heavy atom. The van der Waals surface area contributed by atoms with Gasteiger partial charge in [-0.05, 0) is 109 Å². The zero-order valence-corrected chi connectivity index (χ0v) is 22.2. The highest BCUT2D eigenvalue weighted by molar-refractivity contribution is 5.56. The number of benzene rings is 2. The summed E-state index contributed by atoms with van der Waals surface area (Å²) in [5.74, 6) is 0.796. The molecule has 0 aromatic heterocycles. The fraction of sp³-hybridized carbons (Fsp3) is 0.613. The molecule has 0 spiro atoms. The van der Waals surface area contributed by atoms with E-state index >= 15 is 0 Å². The predicted octanol–water partition coefficient (Wildman–Crippen LogP) is 8.79. The zero-order valence-electron chi connectivity index (χ0n) is 22.2. The molecule has 0 unspecified atom stereocenters. The van der Waals surface area contributed by atoms with Gasteiger partial charge >= 0.3 is 0 Å². The summed E-state index contributed by atoms with van der Waals surface area (Å²) in [6, 6.07) is 8.06. The summed E-state index contributed by atoms with van der Waals surface area (Å²) in [4.78, 5) is 0. The Labute approximate surface area is 203 Å². The molecule has 0 aliphatic rings. The molecule has 0 aliphatic carbocycles. The van der Waals surface area contributed by atoms with E-state index in [2.05, 4.69) is 41.5 Å². The summed E-state index contributed by atoms with van der Waals surface area (Å²) in [5, 5.41) is 21.2. The summed E-state index contributed by atoms with van der Waals surface area (Å²) in [6.45, 7) is 13.7. The maximum absolute atomic E-state index is 10.6. The number of unbranched alkanes of at least 4 members (excludes halogenated alkanes) is 4. The average Bonchev–Trinajstić information content (AvgIpc) is 2.77. The van der Waals surface area contributed by atoms with Crippen LogP contribution in [0, 0.1) is 0 Å². The van der Waals surface area contributed by atoms with E-state index in [4.69, 9.17) is 0 Å². The van der Waals surface area contributed by atoms with Crippen LogP contribution in [0.15, 0.2) is 24.3 Å². The van der Waals surface area contributed by atoms with Crippen molar-refractivity contribution >= 4 is 0 Å². The van der Waals surface area contributed by atoms with Crippen LogP contribution in [0.2, 0.25) is 0 Å². The van der Waals surface area contributed by atoms with E-state index in [0.717, 1.165) is 77.0 Å². The Morgan fingerprint density at radius 1 is 0.515 bits per heavy atom. The molecule has 0 heterocycles. The Kier molecular flexibility index (Phi) is 10.8. The summed E-state index contributed by atoms with van der Waals surface area (Å²) in [6.07, 6.45) is 13.1. The molecule has 0 radical (unpaired) electrons. The molecule has 2 rings (SSSR count). The minimum Gasteiger partial charge on any atom is -0.508 e. The number of phenols is 2. The first-order valence-corrected chi connectivity index (χ1v) is 13.5. The lowest BCUT2D eigenvalue weighted by molar-refractivity contribution is 0.470. The Bertz CT molecular complexity index is 749. The standard InChI is InChI=1S/C31H48O2/c1-7-11-15-23-19-27(32)20-24(16-12-8-2)29(23)31(5,6)30-25(17-13-9-3)21-28(33)22-26(30)18-14-10-4/h19-22,32-33H,7-18H2,1-6H3. The Morgan fingerprint density at radius 2 is 0.758 bits per heavy atom. The molecule has 0 atom stereocenters. The zero-order chi connectivity index (χ0) is 24.4. The number of hydrogen-bond donors (Lipinski definition) is 2. The van der Waals surface area contributed by atoms with Gasteiger partial charge in [0.05, 0.1) is 0 Å². The molecule has 0 aliphatic heterocycles. The van der Waals surface area contributed by atoms with E-state index in [-0.39, 0.29) is 5.41 Å². The predicted molar refractivity (Wildman–Crippen MR) is 143 cm³/mol. The van der Waals surface area contributed by atoms with Gasteiger partial charge in [0.25, 0.3) is 0 Å². The smallest absolute Gasteiger partial charge is 0.116 e. The quantitative estimate of drug-likeness (QED) is 0.300. The normalized spacial score (nSPS) is 11.8. The van der Waals surface area contributed by atoms with Gasteiger partial charge in [0.15, 0.2) is 0 Å². The van der Waals surface area contributed by atoms with E-state index in [0.29, 0.717) is 11.5 Å². The molecular weight excluding hydrogens is 404 g/mol. The molecule has 0 amide bonds. The van der Waals surface area contributed by atoms with Crippen molar-refractivity contribution in [2.45, 2.75) is 124 Å². The molecule has 33 heavy (non-hydrogen) atoms. The number of phenolic OH excluding ortho intramolecular Hbond substituents is 2. The van der Waals surface area contributed by atoms with Crippen LogP contribution in [0.3, 0.4) is 0 Å². The molecular formula is C31H48O2. The summed E-state index contributed by atoms with van der Waals surface area (Å²) < 4.78 is 0. The molecule has 0 saturated carbocycles. The molecule has 0 bridgehead atoms. The molecule has 2 aromatic rings. The highest BCUT2D eigenvalue weighted by Crippen LogP contribution is 2.43. The average molecular weight is 453 g/mol. The van der Waals surface area contributed by atoms with Crippen molar-refractivity contribution in [2.24, 2.45) is 0 Å². The van der Waals surface area contributed by atoms with Gasteiger partial charge in [-0.3, -0.25) is 0 Å². The van der Waals surface area contributed by atoms with Crippen LogP contribution in [-0.4, -0.2) is 10.2 Å². The number of rotatable bonds is 14. The molecule has 184 valence electrons. The van der Waals surface area contributed by atoms with Crippen molar-refractivity contribution in [2.75, 3.05) is 0 Å². The highest BCUT2D eigenvalue weighted by Gasteiger charge is 2.33. The molecule has 2 N–H and O–H groups in total. The second-order valence-corrected chi connectivity index (χ2v) is 10.3. The first-order chi connectivity index (χ1) is 15.8. The number of hydrogen-bond acceptors (Lipinski definition) is 2. The number of aromatic hydroxyl groups is 2. The van der Waals surface area contributed by atoms with Gasteiger partial charge in [0.1, 0.15) is 11.5 Å². The van der Waals surface area contributed by atoms with Gasteiger partial charge in [0, 0.05) is 5.41 Å². The maximum atomic E-state index is 10.6. The third-order valence-corrected chi connectivity index (χ3v) is 7.02. The first-order valence-electron chi connectivity index (χ1n) is 13.5. The maximum Gasteiger partial charge on any atom is 0.116 e. The van der Waals surface area contributed by atoms with Crippen molar-refractivity contribution in [1.29, 1.82) is 0 Å². The lowest BCUT2D eigenvalue weighted by atomic mass is 9.68. The summed E-state index contributed by atoms with van der Waals surface area (Å²) >= 11 is 0.